The summed E-state index contributed by atoms with van der Waals surface area (Å²) in [6.45, 7) is 11.2. The summed E-state index contributed by atoms with van der Waals surface area (Å²) in [7, 11) is 2.45. The summed E-state index contributed by atoms with van der Waals surface area (Å²) in [5.41, 5.74) is 5.10. The van der Waals surface area contributed by atoms with Crippen molar-refractivity contribution >= 4 is 29.7 Å². The van der Waals surface area contributed by atoms with Crippen molar-refractivity contribution in [1.82, 2.24) is 26.4 Å². The highest BCUT2D eigenvalue weighted by Gasteiger charge is 2.36. The molecular formula is C36H54N6O7. The quantitative estimate of drug-likeness (QED) is 0.178. The first-order chi connectivity index (χ1) is 23.2. The molecule has 1 saturated heterocycles. The Kier molecular flexibility index (Phi) is 14.7. The van der Waals surface area contributed by atoms with E-state index in [-0.39, 0.29) is 25.4 Å². The van der Waals surface area contributed by atoms with Crippen LogP contribution in [0.3, 0.4) is 0 Å². The summed E-state index contributed by atoms with van der Waals surface area (Å²) < 4.78 is 9.50. The van der Waals surface area contributed by atoms with E-state index in [0.29, 0.717) is 0 Å². The van der Waals surface area contributed by atoms with Gasteiger partial charge < -0.3 is 35.4 Å². The first-order valence-corrected chi connectivity index (χ1v) is 16.8. The van der Waals surface area contributed by atoms with Crippen molar-refractivity contribution in [3.05, 3.63) is 65.7 Å². The van der Waals surface area contributed by atoms with Gasteiger partial charge in [0.25, 0.3) is 5.91 Å². The predicted molar refractivity (Wildman–Crippen MR) is 187 cm³/mol. The van der Waals surface area contributed by atoms with Crippen LogP contribution in [0.2, 0.25) is 0 Å². The molecule has 2 aromatic carbocycles. The third-order valence-corrected chi connectivity index (χ3v) is 8.53. The summed E-state index contributed by atoms with van der Waals surface area (Å²) in [5.74, 6) is -1.25. The number of hydrazine groups is 1. The Bertz CT molecular complexity index is 1360. The topological polar surface area (TPSA) is 162 Å². The number of hydrogen-bond acceptors (Lipinski definition) is 9. The Morgan fingerprint density at radius 1 is 0.837 bits per heavy atom. The van der Waals surface area contributed by atoms with Gasteiger partial charge >= 0.3 is 12.2 Å². The highest BCUT2D eigenvalue weighted by molar-refractivity contribution is 5.87. The Labute approximate surface area is 290 Å². The van der Waals surface area contributed by atoms with E-state index in [2.05, 4.69) is 26.3 Å². The fraction of sp³-hybridized carbons (Fsp3) is 0.556. The molecule has 1 fully saturated rings. The summed E-state index contributed by atoms with van der Waals surface area (Å²) >= 11 is 0. The van der Waals surface area contributed by atoms with Crippen LogP contribution in [-0.4, -0.2) is 92.2 Å². The third kappa shape index (κ3) is 12.2. The third-order valence-electron chi connectivity index (χ3n) is 8.53. The zero-order chi connectivity index (χ0) is 36.1. The summed E-state index contributed by atoms with van der Waals surface area (Å²) in [6.07, 6.45) is -0.0816. The Hall–Kier alpha value is -4.36. The van der Waals surface area contributed by atoms with Crippen LogP contribution in [0.25, 0.3) is 0 Å². The lowest BCUT2D eigenvalue weighted by Gasteiger charge is -2.34. The number of anilines is 1. The standard InChI is InChI=1S/C36H54N6O7/c1-24(2)30(38-34(46)48-6)32(44)40-42(22-26-15-17-27(18-16-26)41-19-11-12-20-41)23-29(43)28(21-25-13-9-8-10-14-25)37-33(45)31(36(3,4)5)39-35(47)49-7/h8-10,13-18,24,28-31,43H,11-12,19-23H2,1-7H3,(H,37,45)(H,38,46)(H,39,47)(H,40,44)/t28-,29-,30-,31+/m0/s1. The molecule has 13 heteroatoms. The molecule has 2 aromatic rings. The normalized spacial score (nSPS) is 15.6. The predicted octanol–water partition coefficient (Wildman–Crippen LogP) is 3.36. The van der Waals surface area contributed by atoms with Crippen LogP contribution >= 0.6 is 0 Å². The van der Waals surface area contributed by atoms with Gasteiger partial charge in [0.15, 0.2) is 0 Å². The smallest absolute Gasteiger partial charge is 0.407 e. The van der Waals surface area contributed by atoms with Crippen molar-refractivity contribution in [3.8, 4) is 0 Å². The molecular weight excluding hydrogens is 628 g/mol. The Balaban J connectivity index is 1.90. The van der Waals surface area contributed by atoms with E-state index in [1.807, 2.05) is 75.4 Å². The lowest BCUT2D eigenvalue weighted by Crippen LogP contribution is -2.60. The van der Waals surface area contributed by atoms with Gasteiger partial charge in [-0.05, 0) is 53.9 Å². The lowest BCUT2D eigenvalue weighted by atomic mass is 9.85. The number of hydrogen-bond donors (Lipinski definition) is 5. The molecule has 49 heavy (non-hydrogen) atoms. The maximum Gasteiger partial charge on any atom is 0.407 e. The largest absolute Gasteiger partial charge is 0.453 e. The van der Waals surface area contributed by atoms with Crippen molar-refractivity contribution in [2.75, 3.05) is 38.8 Å². The van der Waals surface area contributed by atoms with Gasteiger partial charge in [-0.2, -0.15) is 0 Å². The van der Waals surface area contributed by atoms with Gasteiger partial charge in [0, 0.05) is 31.9 Å². The first kappa shape index (κ1) is 39.1. The molecule has 0 aliphatic carbocycles. The molecule has 5 N–H and O–H groups in total. The van der Waals surface area contributed by atoms with Crippen LogP contribution < -0.4 is 26.3 Å². The maximum absolute atomic E-state index is 13.7. The minimum absolute atomic E-state index is 0.0783. The lowest BCUT2D eigenvalue weighted by molar-refractivity contribution is -0.131. The van der Waals surface area contributed by atoms with Crippen LogP contribution in [0.15, 0.2) is 54.6 Å². The van der Waals surface area contributed by atoms with E-state index in [1.165, 1.54) is 14.2 Å². The zero-order valence-corrected chi connectivity index (χ0v) is 29.8. The minimum Gasteiger partial charge on any atom is -0.453 e. The number of aliphatic hydroxyl groups is 1. The highest BCUT2D eigenvalue weighted by atomic mass is 16.5. The van der Waals surface area contributed by atoms with Crippen molar-refractivity contribution in [3.63, 3.8) is 0 Å². The number of carbonyl (C=O) groups excluding carboxylic acids is 4. The molecule has 1 heterocycles. The number of aliphatic hydroxyl groups excluding tert-OH is 1. The fourth-order valence-electron chi connectivity index (χ4n) is 5.73. The number of nitrogens with one attached hydrogen (secondary N) is 4. The summed E-state index contributed by atoms with van der Waals surface area (Å²) in [5, 5.41) is 21.5. The van der Waals surface area contributed by atoms with Crippen LogP contribution in [0, 0.1) is 11.3 Å². The number of nitrogens with zero attached hydrogens (tertiary/aromatic N) is 2. The minimum atomic E-state index is -1.18. The van der Waals surface area contributed by atoms with Crippen LogP contribution in [0.4, 0.5) is 15.3 Å². The monoisotopic (exact) mass is 682 g/mol. The number of benzene rings is 2. The molecule has 4 amide bonds. The van der Waals surface area contributed by atoms with Crippen molar-refractivity contribution in [1.29, 1.82) is 0 Å². The maximum atomic E-state index is 13.7. The number of amides is 4. The van der Waals surface area contributed by atoms with E-state index < -0.39 is 53.6 Å². The number of ether oxygens (including phenoxy) is 2. The second kappa shape index (κ2) is 18.4. The van der Waals surface area contributed by atoms with Crippen LogP contribution in [0.5, 0.6) is 0 Å². The molecule has 1 aliphatic rings. The molecule has 0 radical (unpaired) electrons. The number of methoxy groups -OCH3 is 2. The van der Waals surface area contributed by atoms with E-state index in [4.69, 9.17) is 9.47 Å². The Morgan fingerprint density at radius 2 is 1.43 bits per heavy atom. The molecule has 0 unspecified atom stereocenters. The van der Waals surface area contributed by atoms with Crippen molar-refractivity contribution in [2.45, 2.75) is 84.7 Å². The highest BCUT2D eigenvalue weighted by Crippen LogP contribution is 2.22. The van der Waals surface area contributed by atoms with E-state index in [0.717, 1.165) is 42.7 Å². The molecule has 1 aliphatic heterocycles. The molecule has 0 saturated carbocycles. The average Bonchev–Trinajstić information content (AvgIpc) is 3.60. The number of alkyl carbamates (subject to hydrolysis) is 2. The van der Waals surface area contributed by atoms with Gasteiger partial charge in [0.1, 0.15) is 12.1 Å². The molecule has 0 aromatic heterocycles. The van der Waals surface area contributed by atoms with Crippen molar-refractivity contribution in [2.24, 2.45) is 11.3 Å². The van der Waals surface area contributed by atoms with Gasteiger partial charge in [0.05, 0.1) is 26.4 Å². The summed E-state index contributed by atoms with van der Waals surface area (Å²) in [6, 6.07) is 14.8. The molecule has 3 rings (SSSR count). The molecule has 4 atom stereocenters. The average molecular weight is 683 g/mol. The van der Waals surface area contributed by atoms with Gasteiger partial charge in [-0.1, -0.05) is 77.1 Å². The molecule has 13 nitrogen and oxygen atoms in total. The first-order valence-electron chi connectivity index (χ1n) is 16.8. The van der Waals surface area contributed by atoms with Gasteiger partial charge in [-0.15, -0.1) is 0 Å². The SMILES string of the molecule is COC(=O)N[C@H](C(=O)NN(Cc1ccc(N2CCCC2)cc1)C[C@H](O)[C@H](Cc1ccccc1)NC(=O)[C@@H](NC(=O)OC)C(C)(C)C)C(C)C. The molecule has 0 spiro atoms. The van der Waals surface area contributed by atoms with E-state index in [9.17, 15) is 24.3 Å². The summed E-state index contributed by atoms with van der Waals surface area (Å²) in [4.78, 5) is 53.8. The fourth-order valence-corrected chi connectivity index (χ4v) is 5.73. The zero-order valence-electron chi connectivity index (χ0n) is 29.8. The number of carbonyl (C=O) groups is 4. The van der Waals surface area contributed by atoms with E-state index in [1.54, 1.807) is 18.9 Å². The number of rotatable bonds is 15. The van der Waals surface area contributed by atoms with Crippen LogP contribution in [0.1, 0.15) is 58.6 Å². The van der Waals surface area contributed by atoms with Gasteiger partial charge in [-0.25, -0.2) is 14.6 Å². The van der Waals surface area contributed by atoms with Crippen molar-refractivity contribution < 1.29 is 33.8 Å². The van der Waals surface area contributed by atoms with Gasteiger partial charge in [0.2, 0.25) is 5.91 Å². The second-order valence-electron chi connectivity index (χ2n) is 13.9. The second-order valence-corrected chi connectivity index (χ2v) is 13.9. The molecule has 0 bridgehead atoms. The van der Waals surface area contributed by atoms with Crippen LogP contribution in [-0.2, 0) is 32.0 Å². The van der Waals surface area contributed by atoms with Gasteiger partial charge in [-0.3, -0.25) is 15.0 Å². The molecule has 270 valence electrons. The van der Waals surface area contributed by atoms with E-state index >= 15 is 0 Å². The Morgan fingerprint density at radius 3 is 1.98 bits per heavy atom.